The zero-order valence-electron chi connectivity index (χ0n) is 11.5. The van der Waals surface area contributed by atoms with Crippen molar-refractivity contribution in [1.29, 1.82) is 0 Å². The molecule has 1 aliphatic rings. The molecule has 0 bridgehead atoms. The van der Waals surface area contributed by atoms with Gasteiger partial charge in [-0.3, -0.25) is 0 Å². The highest BCUT2D eigenvalue weighted by Crippen LogP contribution is 2.12. The molecular formula is C15H20F2N2O. The van der Waals surface area contributed by atoms with Crippen LogP contribution in [0.4, 0.5) is 13.6 Å². The number of amides is 2. The van der Waals surface area contributed by atoms with E-state index in [9.17, 15) is 13.6 Å². The van der Waals surface area contributed by atoms with E-state index >= 15 is 0 Å². The molecule has 0 aliphatic carbocycles. The van der Waals surface area contributed by atoms with Gasteiger partial charge in [0.05, 0.1) is 0 Å². The molecule has 1 fully saturated rings. The van der Waals surface area contributed by atoms with Gasteiger partial charge in [-0.2, -0.15) is 0 Å². The third-order valence-electron chi connectivity index (χ3n) is 3.60. The van der Waals surface area contributed by atoms with Crippen molar-refractivity contribution in [3.63, 3.8) is 0 Å². The van der Waals surface area contributed by atoms with Crippen molar-refractivity contribution in [1.82, 2.24) is 10.2 Å². The normalized spacial score (nSPS) is 16.4. The van der Waals surface area contributed by atoms with E-state index in [0.717, 1.165) is 44.8 Å². The highest BCUT2D eigenvalue weighted by molar-refractivity contribution is 5.74. The number of hydrogen-bond donors (Lipinski definition) is 1. The number of nitrogens with zero attached hydrogens (tertiary/aromatic N) is 1. The molecule has 1 aromatic carbocycles. The first kappa shape index (κ1) is 14.8. The Balaban J connectivity index is 1.89. The lowest BCUT2D eigenvalue weighted by molar-refractivity contribution is 0.191. The predicted octanol–water partition coefficient (Wildman–Crippen LogP) is 3.44. The number of carbonyl (C=O) groups is 1. The van der Waals surface area contributed by atoms with Crippen LogP contribution >= 0.6 is 0 Å². The van der Waals surface area contributed by atoms with E-state index in [0.29, 0.717) is 0 Å². The maximum atomic E-state index is 13.5. The summed E-state index contributed by atoms with van der Waals surface area (Å²) in [4.78, 5) is 13.8. The average Bonchev–Trinajstić information content (AvgIpc) is 2.40. The lowest BCUT2D eigenvalue weighted by Gasteiger charge is -2.25. The van der Waals surface area contributed by atoms with Gasteiger partial charge in [-0.1, -0.05) is 31.4 Å². The van der Waals surface area contributed by atoms with E-state index in [1.54, 1.807) is 4.90 Å². The zero-order chi connectivity index (χ0) is 14.4. The fraction of sp³-hybridized carbons (Fsp3) is 0.533. The lowest BCUT2D eigenvalue weighted by Crippen LogP contribution is -2.41. The molecule has 1 aliphatic heterocycles. The van der Waals surface area contributed by atoms with Crippen LogP contribution in [0, 0.1) is 11.6 Å². The smallest absolute Gasteiger partial charge is 0.317 e. The van der Waals surface area contributed by atoms with Gasteiger partial charge in [0.25, 0.3) is 0 Å². The van der Waals surface area contributed by atoms with Crippen LogP contribution in [-0.4, -0.2) is 24.0 Å². The van der Waals surface area contributed by atoms with Gasteiger partial charge in [0.2, 0.25) is 0 Å². The predicted molar refractivity (Wildman–Crippen MR) is 73.3 cm³/mol. The summed E-state index contributed by atoms with van der Waals surface area (Å²) in [5.74, 6) is -1.77. The van der Waals surface area contributed by atoms with Gasteiger partial charge in [0.15, 0.2) is 11.6 Å². The summed E-state index contributed by atoms with van der Waals surface area (Å²) in [5.41, 5.74) is 0.172. The second-order valence-corrected chi connectivity index (χ2v) is 5.13. The number of benzene rings is 1. The second-order valence-electron chi connectivity index (χ2n) is 5.13. The largest absolute Gasteiger partial charge is 0.334 e. The summed E-state index contributed by atoms with van der Waals surface area (Å²) in [6, 6.07) is 3.79. The summed E-state index contributed by atoms with van der Waals surface area (Å²) < 4.78 is 26.5. The number of nitrogens with one attached hydrogen (secondary N) is 1. The summed E-state index contributed by atoms with van der Waals surface area (Å²) >= 11 is 0. The number of likely N-dealkylation sites (tertiary alicyclic amines) is 1. The Kier molecular flexibility index (Phi) is 5.32. The Labute approximate surface area is 118 Å². The molecule has 20 heavy (non-hydrogen) atoms. The molecule has 110 valence electrons. The first-order valence-corrected chi connectivity index (χ1v) is 7.14. The van der Waals surface area contributed by atoms with Gasteiger partial charge in [0.1, 0.15) is 0 Å². The molecule has 0 radical (unpaired) electrons. The van der Waals surface area contributed by atoms with Crippen molar-refractivity contribution >= 4 is 6.03 Å². The Bertz CT molecular complexity index is 457. The van der Waals surface area contributed by atoms with Crippen molar-refractivity contribution < 1.29 is 13.6 Å². The standard InChI is InChI=1S/C15H20F2N2O/c16-13-8-6-7-12(14(13)17)11-18-15(20)19-9-4-2-1-3-5-10-19/h6-8H,1-5,9-11H2,(H,18,20). The molecule has 0 spiro atoms. The first-order chi connectivity index (χ1) is 9.68. The molecule has 1 saturated heterocycles. The summed E-state index contributed by atoms with van der Waals surface area (Å²) in [5, 5.41) is 2.67. The van der Waals surface area contributed by atoms with Crippen molar-refractivity contribution in [2.45, 2.75) is 38.6 Å². The minimum atomic E-state index is -0.888. The molecule has 5 heteroatoms. The summed E-state index contributed by atoms with van der Waals surface area (Å²) in [7, 11) is 0. The Morgan fingerprint density at radius 2 is 1.75 bits per heavy atom. The molecule has 1 aromatic rings. The van der Waals surface area contributed by atoms with E-state index < -0.39 is 11.6 Å². The number of urea groups is 1. The monoisotopic (exact) mass is 282 g/mol. The maximum Gasteiger partial charge on any atom is 0.317 e. The van der Waals surface area contributed by atoms with E-state index in [-0.39, 0.29) is 18.1 Å². The van der Waals surface area contributed by atoms with Crippen molar-refractivity contribution in [2.24, 2.45) is 0 Å². The number of hydrogen-bond acceptors (Lipinski definition) is 1. The van der Waals surface area contributed by atoms with Crippen LogP contribution in [0.5, 0.6) is 0 Å². The fourth-order valence-electron chi connectivity index (χ4n) is 2.42. The third kappa shape index (κ3) is 3.92. The van der Waals surface area contributed by atoms with Crippen LogP contribution in [0.3, 0.4) is 0 Å². The Hall–Kier alpha value is -1.65. The SMILES string of the molecule is O=C(NCc1cccc(F)c1F)N1CCCCCCC1. The van der Waals surface area contributed by atoms with E-state index in [1.165, 1.54) is 18.6 Å². The van der Waals surface area contributed by atoms with Gasteiger partial charge in [-0.25, -0.2) is 13.6 Å². The lowest BCUT2D eigenvalue weighted by atomic mass is 10.1. The summed E-state index contributed by atoms with van der Waals surface area (Å²) in [6.07, 6.45) is 5.51. The maximum absolute atomic E-state index is 13.5. The molecule has 2 rings (SSSR count). The van der Waals surface area contributed by atoms with Gasteiger partial charge >= 0.3 is 6.03 Å². The molecule has 1 heterocycles. The average molecular weight is 282 g/mol. The molecule has 2 amide bonds. The number of halogens is 2. The molecule has 1 N–H and O–H groups in total. The highest BCUT2D eigenvalue weighted by atomic mass is 19.2. The number of rotatable bonds is 2. The molecule has 0 unspecified atom stereocenters. The minimum absolute atomic E-state index is 0.0128. The third-order valence-corrected chi connectivity index (χ3v) is 3.60. The molecule has 0 saturated carbocycles. The molecule has 0 atom stereocenters. The van der Waals surface area contributed by atoms with Gasteiger partial charge in [0, 0.05) is 25.2 Å². The van der Waals surface area contributed by atoms with Crippen LogP contribution in [0.15, 0.2) is 18.2 Å². The molecule has 0 aromatic heterocycles. The van der Waals surface area contributed by atoms with Crippen LogP contribution in [0.1, 0.15) is 37.7 Å². The molecule has 3 nitrogen and oxygen atoms in total. The van der Waals surface area contributed by atoms with Crippen LogP contribution in [0.2, 0.25) is 0 Å². The van der Waals surface area contributed by atoms with Crippen LogP contribution < -0.4 is 5.32 Å². The zero-order valence-corrected chi connectivity index (χ0v) is 11.5. The highest BCUT2D eigenvalue weighted by Gasteiger charge is 2.15. The molecular weight excluding hydrogens is 262 g/mol. The fourth-order valence-corrected chi connectivity index (χ4v) is 2.42. The second kappa shape index (κ2) is 7.22. The van der Waals surface area contributed by atoms with Crippen LogP contribution in [-0.2, 0) is 6.54 Å². The number of carbonyl (C=O) groups excluding carboxylic acids is 1. The quantitative estimate of drug-likeness (QED) is 0.885. The minimum Gasteiger partial charge on any atom is -0.334 e. The van der Waals surface area contributed by atoms with Gasteiger partial charge in [-0.05, 0) is 18.9 Å². The van der Waals surface area contributed by atoms with E-state index in [2.05, 4.69) is 5.32 Å². The van der Waals surface area contributed by atoms with Crippen molar-refractivity contribution in [2.75, 3.05) is 13.1 Å². The topological polar surface area (TPSA) is 32.3 Å². The van der Waals surface area contributed by atoms with Crippen molar-refractivity contribution in [3.05, 3.63) is 35.4 Å². The van der Waals surface area contributed by atoms with Crippen molar-refractivity contribution in [3.8, 4) is 0 Å². The van der Waals surface area contributed by atoms with Gasteiger partial charge in [-0.15, -0.1) is 0 Å². The first-order valence-electron chi connectivity index (χ1n) is 7.14. The Morgan fingerprint density at radius 3 is 2.45 bits per heavy atom. The van der Waals surface area contributed by atoms with E-state index in [4.69, 9.17) is 0 Å². The van der Waals surface area contributed by atoms with E-state index in [1.807, 2.05) is 0 Å². The Morgan fingerprint density at radius 1 is 1.10 bits per heavy atom. The van der Waals surface area contributed by atoms with Gasteiger partial charge < -0.3 is 10.2 Å². The summed E-state index contributed by atoms with van der Waals surface area (Å²) in [6.45, 7) is 1.48. The van der Waals surface area contributed by atoms with Crippen LogP contribution in [0.25, 0.3) is 0 Å².